The van der Waals surface area contributed by atoms with E-state index in [4.69, 9.17) is 5.73 Å². The zero-order valence-corrected chi connectivity index (χ0v) is 7.99. The molecule has 5 heteroatoms. The molecule has 3 amide bonds. The lowest BCUT2D eigenvalue weighted by Crippen LogP contribution is -2.37. The molecule has 1 saturated heterocycles. The minimum Gasteiger partial charge on any atom is -0.370 e. The average molecular weight is 198 g/mol. The summed E-state index contributed by atoms with van der Waals surface area (Å²) in [5.41, 5.74) is 4.95. The maximum Gasteiger partial charge on any atom is 0.229 e. The van der Waals surface area contributed by atoms with Gasteiger partial charge >= 0.3 is 0 Å². The molecule has 0 bridgehead atoms. The summed E-state index contributed by atoms with van der Waals surface area (Å²) in [6, 6.07) is 0. The molecule has 0 aromatic heterocycles. The molecular weight excluding hydrogens is 184 g/mol. The third-order valence-corrected chi connectivity index (χ3v) is 2.22. The number of likely N-dealkylation sites (tertiary alicyclic amines) is 1. The van der Waals surface area contributed by atoms with Crippen LogP contribution in [-0.2, 0) is 14.4 Å². The molecule has 0 aliphatic carbocycles. The van der Waals surface area contributed by atoms with Gasteiger partial charge in [0.25, 0.3) is 0 Å². The summed E-state index contributed by atoms with van der Waals surface area (Å²) in [7, 11) is 0. The first-order chi connectivity index (χ1) is 6.61. The van der Waals surface area contributed by atoms with Gasteiger partial charge in [-0.2, -0.15) is 0 Å². The maximum atomic E-state index is 11.4. The Morgan fingerprint density at radius 2 is 1.71 bits per heavy atom. The number of rotatable bonds is 3. The monoisotopic (exact) mass is 198 g/mol. The highest BCUT2D eigenvalue weighted by molar-refractivity contribution is 5.96. The highest BCUT2D eigenvalue weighted by Gasteiger charge is 2.23. The second kappa shape index (κ2) is 4.74. The number of nitrogens with two attached hydrogens (primary N) is 1. The van der Waals surface area contributed by atoms with Crippen molar-refractivity contribution in [1.29, 1.82) is 0 Å². The number of imide groups is 1. The van der Waals surface area contributed by atoms with E-state index in [0.717, 1.165) is 17.7 Å². The van der Waals surface area contributed by atoms with Gasteiger partial charge in [-0.05, 0) is 12.8 Å². The van der Waals surface area contributed by atoms with Crippen LogP contribution in [0.5, 0.6) is 0 Å². The summed E-state index contributed by atoms with van der Waals surface area (Å²) < 4.78 is 0. The van der Waals surface area contributed by atoms with Crippen molar-refractivity contribution < 1.29 is 14.4 Å². The van der Waals surface area contributed by atoms with E-state index in [1.54, 1.807) is 0 Å². The molecule has 0 atom stereocenters. The van der Waals surface area contributed by atoms with Gasteiger partial charge < -0.3 is 5.73 Å². The van der Waals surface area contributed by atoms with E-state index in [0.29, 0.717) is 12.8 Å². The van der Waals surface area contributed by atoms with Crippen LogP contribution >= 0.6 is 0 Å². The summed E-state index contributed by atoms with van der Waals surface area (Å²) >= 11 is 0. The predicted octanol–water partition coefficient (Wildman–Crippen LogP) is -0.209. The van der Waals surface area contributed by atoms with Crippen molar-refractivity contribution >= 4 is 17.7 Å². The van der Waals surface area contributed by atoms with Gasteiger partial charge in [0.2, 0.25) is 17.7 Å². The molecule has 78 valence electrons. The summed E-state index contributed by atoms with van der Waals surface area (Å²) in [5.74, 6) is -0.864. The number of carbonyl (C=O) groups is 3. The van der Waals surface area contributed by atoms with Crippen molar-refractivity contribution in [2.75, 3.05) is 6.54 Å². The van der Waals surface area contributed by atoms with Gasteiger partial charge in [0.05, 0.1) is 0 Å². The van der Waals surface area contributed by atoms with Crippen LogP contribution in [0.1, 0.15) is 32.1 Å². The molecule has 0 unspecified atom stereocenters. The SMILES string of the molecule is NC(=O)CCN1C(=O)CCCCC1=O. The average Bonchev–Trinajstić information content (AvgIpc) is 2.25. The van der Waals surface area contributed by atoms with Crippen molar-refractivity contribution in [3.63, 3.8) is 0 Å². The number of nitrogens with zero attached hydrogens (tertiary/aromatic N) is 1. The molecule has 1 rings (SSSR count). The molecule has 0 aromatic carbocycles. The minimum atomic E-state index is -0.491. The van der Waals surface area contributed by atoms with E-state index in [-0.39, 0.29) is 24.8 Å². The number of hydrogen-bond acceptors (Lipinski definition) is 3. The lowest BCUT2D eigenvalue weighted by molar-refractivity contribution is -0.143. The van der Waals surface area contributed by atoms with Gasteiger partial charge in [-0.1, -0.05) is 0 Å². The van der Waals surface area contributed by atoms with Crippen LogP contribution < -0.4 is 5.73 Å². The Hall–Kier alpha value is -1.39. The van der Waals surface area contributed by atoms with Crippen LogP contribution in [0.2, 0.25) is 0 Å². The molecule has 0 aromatic rings. The fourth-order valence-corrected chi connectivity index (χ4v) is 1.43. The molecular formula is C9H14N2O3. The van der Waals surface area contributed by atoms with Crippen molar-refractivity contribution in [2.45, 2.75) is 32.1 Å². The minimum absolute atomic E-state index is 0.0531. The molecule has 5 nitrogen and oxygen atoms in total. The van der Waals surface area contributed by atoms with Crippen LogP contribution in [-0.4, -0.2) is 29.2 Å². The molecule has 1 aliphatic rings. The molecule has 14 heavy (non-hydrogen) atoms. The van der Waals surface area contributed by atoms with Crippen molar-refractivity contribution in [2.24, 2.45) is 5.73 Å². The molecule has 2 N–H and O–H groups in total. The highest BCUT2D eigenvalue weighted by Crippen LogP contribution is 2.12. The first-order valence-corrected chi connectivity index (χ1v) is 4.73. The van der Waals surface area contributed by atoms with E-state index in [1.807, 2.05) is 0 Å². The fraction of sp³-hybridized carbons (Fsp3) is 0.667. The third-order valence-electron chi connectivity index (χ3n) is 2.22. The topological polar surface area (TPSA) is 80.5 Å². The number of hydrogen-bond donors (Lipinski definition) is 1. The van der Waals surface area contributed by atoms with Gasteiger partial charge in [0, 0.05) is 25.8 Å². The largest absolute Gasteiger partial charge is 0.370 e. The van der Waals surface area contributed by atoms with Crippen molar-refractivity contribution in [1.82, 2.24) is 4.90 Å². The van der Waals surface area contributed by atoms with Gasteiger partial charge in [0.15, 0.2) is 0 Å². The van der Waals surface area contributed by atoms with E-state index in [9.17, 15) is 14.4 Å². The van der Waals surface area contributed by atoms with Gasteiger partial charge in [-0.25, -0.2) is 0 Å². The van der Waals surface area contributed by atoms with Gasteiger partial charge in [-0.3, -0.25) is 19.3 Å². The van der Waals surface area contributed by atoms with Gasteiger partial charge in [0.1, 0.15) is 0 Å². The molecule has 1 fully saturated rings. The third kappa shape index (κ3) is 2.83. The lowest BCUT2D eigenvalue weighted by Gasteiger charge is -2.17. The molecule has 0 saturated carbocycles. The van der Waals surface area contributed by atoms with Crippen molar-refractivity contribution in [3.8, 4) is 0 Å². The first-order valence-electron chi connectivity index (χ1n) is 4.73. The summed E-state index contributed by atoms with van der Waals surface area (Å²) in [6.07, 6.45) is 2.34. The molecule has 1 heterocycles. The summed E-state index contributed by atoms with van der Waals surface area (Å²) in [6.45, 7) is 0.132. The second-order valence-electron chi connectivity index (χ2n) is 3.36. The number of amides is 3. The van der Waals surface area contributed by atoms with E-state index in [2.05, 4.69) is 0 Å². The van der Waals surface area contributed by atoms with Crippen molar-refractivity contribution in [3.05, 3.63) is 0 Å². The van der Waals surface area contributed by atoms with E-state index < -0.39 is 5.91 Å². The number of primary amides is 1. The van der Waals surface area contributed by atoms with E-state index in [1.165, 1.54) is 0 Å². The zero-order valence-electron chi connectivity index (χ0n) is 7.99. The Labute approximate surface area is 82.2 Å². The van der Waals surface area contributed by atoms with E-state index >= 15 is 0 Å². The number of carbonyl (C=O) groups excluding carboxylic acids is 3. The van der Waals surface area contributed by atoms with Crippen LogP contribution in [0, 0.1) is 0 Å². The summed E-state index contributed by atoms with van der Waals surface area (Å²) in [4.78, 5) is 34.4. The van der Waals surface area contributed by atoms with Gasteiger partial charge in [-0.15, -0.1) is 0 Å². The first kappa shape index (κ1) is 10.7. The Balaban J connectivity index is 2.56. The smallest absolute Gasteiger partial charge is 0.229 e. The highest BCUT2D eigenvalue weighted by atomic mass is 16.2. The summed E-state index contributed by atoms with van der Waals surface area (Å²) in [5, 5.41) is 0. The molecule has 0 spiro atoms. The Bertz CT molecular complexity index is 245. The molecule has 0 radical (unpaired) electrons. The maximum absolute atomic E-state index is 11.4. The normalized spacial score (nSPS) is 18.1. The standard InChI is InChI=1S/C9H14N2O3/c10-7(12)5-6-11-8(13)3-1-2-4-9(11)14/h1-6H2,(H2,10,12). The molecule has 1 aliphatic heterocycles. The second-order valence-corrected chi connectivity index (χ2v) is 3.36. The van der Waals surface area contributed by atoms with Crippen LogP contribution in [0.3, 0.4) is 0 Å². The Morgan fingerprint density at radius 1 is 1.21 bits per heavy atom. The Kier molecular flexibility index (Phi) is 3.62. The van der Waals surface area contributed by atoms with Crippen LogP contribution in [0.25, 0.3) is 0 Å². The quantitative estimate of drug-likeness (QED) is 0.637. The fourth-order valence-electron chi connectivity index (χ4n) is 1.43. The van der Waals surface area contributed by atoms with Crippen LogP contribution in [0.15, 0.2) is 0 Å². The Morgan fingerprint density at radius 3 is 2.14 bits per heavy atom. The zero-order chi connectivity index (χ0) is 10.6. The van der Waals surface area contributed by atoms with Crippen LogP contribution in [0.4, 0.5) is 0 Å². The predicted molar refractivity (Wildman–Crippen MR) is 49.0 cm³/mol. The lowest BCUT2D eigenvalue weighted by atomic mass is 10.2.